The minimum absolute atomic E-state index is 0. The van der Waals surface area contributed by atoms with Gasteiger partial charge in [0.15, 0.2) is 5.96 Å². The second kappa shape index (κ2) is 13.8. The summed E-state index contributed by atoms with van der Waals surface area (Å²) in [6.45, 7) is 7.62. The standard InChI is InChI=1S/C21H31N5O2S.HI/c1-3-11-28-20-17(6-4-8-23-20)15-24-21(22-2)25-16-18(19-7-5-14-29-19)26-9-12-27-13-10-26;/h4-8,14,18H,3,9-13,15-16H2,1-2H3,(H2,22,24,25);1H. The maximum atomic E-state index is 5.75. The summed E-state index contributed by atoms with van der Waals surface area (Å²) < 4.78 is 11.3. The maximum absolute atomic E-state index is 5.75. The lowest BCUT2D eigenvalue weighted by Crippen LogP contribution is -2.46. The number of halogens is 1. The van der Waals surface area contributed by atoms with Crippen molar-refractivity contribution in [1.82, 2.24) is 20.5 Å². The van der Waals surface area contributed by atoms with Crippen molar-refractivity contribution in [1.29, 1.82) is 0 Å². The van der Waals surface area contributed by atoms with E-state index in [4.69, 9.17) is 9.47 Å². The number of aliphatic imine (C=N–C) groups is 1. The van der Waals surface area contributed by atoms with Crippen LogP contribution >= 0.6 is 35.3 Å². The summed E-state index contributed by atoms with van der Waals surface area (Å²) in [5.41, 5.74) is 1.02. The van der Waals surface area contributed by atoms with Crippen LogP contribution in [0.4, 0.5) is 0 Å². The molecule has 1 aliphatic rings. The third-order valence-corrected chi connectivity index (χ3v) is 5.76. The number of morpholine rings is 1. The van der Waals surface area contributed by atoms with E-state index < -0.39 is 0 Å². The predicted molar refractivity (Wildman–Crippen MR) is 133 cm³/mol. The Morgan fingerprint density at radius 1 is 1.30 bits per heavy atom. The van der Waals surface area contributed by atoms with Crippen molar-refractivity contribution in [3.63, 3.8) is 0 Å². The average Bonchev–Trinajstić information content (AvgIpc) is 3.30. The van der Waals surface area contributed by atoms with E-state index in [2.05, 4.69) is 49.9 Å². The molecule has 0 spiro atoms. The molecule has 3 heterocycles. The highest BCUT2D eigenvalue weighted by Gasteiger charge is 2.23. The molecule has 9 heteroatoms. The van der Waals surface area contributed by atoms with Gasteiger partial charge in [0.05, 0.1) is 25.9 Å². The first-order valence-corrected chi connectivity index (χ1v) is 11.1. The number of nitrogens with one attached hydrogen (secondary N) is 2. The number of nitrogens with zero attached hydrogens (tertiary/aromatic N) is 3. The number of rotatable bonds is 9. The van der Waals surface area contributed by atoms with Crippen LogP contribution in [0.5, 0.6) is 5.88 Å². The van der Waals surface area contributed by atoms with Crippen LogP contribution in [0.1, 0.15) is 29.8 Å². The molecule has 2 aromatic rings. The van der Waals surface area contributed by atoms with Crippen molar-refractivity contribution in [2.75, 3.05) is 46.5 Å². The zero-order valence-electron chi connectivity index (χ0n) is 17.7. The summed E-state index contributed by atoms with van der Waals surface area (Å²) in [4.78, 5) is 12.6. The zero-order chi connectivity index (χ0) is 20.3. The highest BCUT2D eigenvalue weighted by atomic mass is 127. The molecular weight excluding hydrogens is 513 g/mol. The lowest BCUT2D eigenvalue weighted by Gasteiger charge is -2.34. The third-order valence-electron chi connectivity index (χ3n) is 4.78. The van der Waals surface area contributed by atoms with Crippen molar-refractivity contribution >= 4 is 41.3 Å². The Balaban J connectivity index is 0.00000320. The fourth-order valence-electron chi connectivity index (χ4n) is 3.26. The lowest BCUT2D eigenvalue weighted by atomic mass is 10.2. The molecule has 1 unspecified atom stereocenters. The van der Waals surface area contributed by atoms with Gasteiger partial charge in [-0.1, -0.05) is 19.1 Å². The molecule has 166 valence electrons. The summed E-state index contributed by atoms with van der Waals surface area (Å²) >= 11 is 1.80. The SMILES string of the molecule is CCCOc1ncccc1CNC(=NC)NCC(c1cccs1)N1CCOCC1.I. The maximum Gasteiger partial charge on any atom is 0.218 e. The number of aromatic nitrogens is 1. The molecule has 1 atom stereocenters. The summed E-state index contributed by atoms with van der Waals surface area (Å²) in [7, 11) is 1.79. The minimum atomic E-state index is 0. The number of pyridine rings is 1. The molecule has 0 amide bonds. The molecule has 3 rings (SSSR count). The Morgan fingerprint density at radius 3 is 2.83 bits per heavy atom. The van der Waals surface area contributed by atoms with E-state index in [-0.39, 0.29) is 24.0 Å². The van der Waals surface area contributed by atoms with E-state index in [1.165, 1.54) is 4.88 Å². The van der Waals surface area contributed by atoms with E-state index in [0.717, 1.165) is 50.8 Å². The highest BCUT2D eigenvalue weighted by Crippen LogP contribution is 2.25. The van der Waals surface area contributed by atoms with Crippen molar-refractivity contribution in [2.45, 2.75) is 25.9 Å². The first-order valence-electron chi connectivity index (χ1n) is 10.2. The van der Waals surface area contributed by atoms with Crippen molar-refractivity contribution < 1.29 is 9.47 Å². The van der Waals surface area contributed by atoms with Gasteiger partial charge in [0.1, 0.15) is 0 Å². The second-order valence-corrected chi connectivity index (χ2v) is 7.78. The molecule has 2 N–H and O–H groups in total. The van der Waals surface area contributed by atoms with Gasteiger partial charge in [-0.05, 0) is 23.9 Å². The van der Waals surface area contributed by atoms with Crippen LogP contribution in [-0.2, 0) is 11.3 Å². The Labute approximate surface area is 200 Å². The molecule has 0 saturated carbocycles. The van der Waals surface area contributed by atoms with Gasteiger partial charge in [0.2, 0.25) is 5.88 Å². The Morgan fingerprint density at radius 2 is 2.13 bits per heavy atom. The van der Waals surface area contributed by atoms with Crippen LogP contribution in [0, 0.1) is 0 Å². The summed E-state index contributed by atoms with van der Waals surface area (Å²) in [5.74, 6) is 1.45. The quantitative estimate of drug-likeness (QED) is 0.287. The van der Waals surface area contributed by atoms with E-state index >= 15 is 0 Å². The van der Waals surface area contributed by atoms with E-state index in [1.54, 1.807) is 24.6 Å². The number of guanidine groups is 1. The van der Waals surface area contributed by atoms with Crippen LogP contribution in [0.3, 0.4) is 0 Å². The summed E-state index contributed by atoms with van der Waals surface area (Å²) in [6.07, 6.45) is 2.72. The number of hydrogen-bond acceptors (Lipinski definition) is 6. The van der Waals surface area contributed by atoms with Crippen LogP contribution in [0.25, 0.3) is 0 Å². The molecule has 0 aromatic carbocycles. The number of thiophene rings is 1. The lowest BCUT2D eigenvalue weighted by molar-refractivity contribution is 0.0177. The normalized spacial score (nSPS) is 15.9. The Kier molecular flexibility index (Phi) is 11.4. The van der Waals surface area contributed by atoms with Gasteiger partial charge in [0, 0.05) is 49.9 Å². The minimum Gasteiger partial charge on any atom is -0.477 e. The Bertz CT molecular complexity index is 754. The van der Waals surface area contributed by atoms with Gasteiger partial charge in [-0.2, -0.15) is 0 Å². The van der Waals surface area contributed by atoms with E-state index in [9.17, 15) is 0 Å². The van der Waals surface area contributed by atoms with Crippen LogP contribution in [-0.4, -0.2) is 62.3 Å². The number of ether oxygens (including phenoxy) is 2. The van der Waals surface area contributed by atoms with Gasteiger partial charge >= 0.3 is 0 Å². The van der Waals surface area contributed by atoms with Gasteiger partial charge in [-0.15, -0.1) is 35.3 Å². The molecule has 30 heavy (non-hydrogen) atoms. The molecule has 0 radical (unpaired) electrons. The fraction of sp³-hybridized carbons (Fsp3) is 0.524. The molecule has 7 nitrogen and oxygen atoms in total. The van der Waals surface area contributed by atoms with Crippen molar-refractivity contribution in [3.05, 3.63) is 46.3 Å². The first-order chi connectivity index (χ1) is 14.3. The predicted octanol–water partition coefficient (Wildman–Crippen LogP) is 3.29. The first kappa shape index (κ1) is 24.8. The molecule has 0 bridgehead atoms. The molecule has 0 aliphatic carbocycles. The van der Waals surface area contributed by atoms with Crippen LogP contribution in [0.15, 0.2) is 40.8 Å². The third kappa shape index (κ3) is 7.36. The Hall–Kier alpha value is -1.43. The number of hydrogen-bond donors (Lipinski definition) is 2. The van der Waals surface area contributed by atoms with Crippen LogP contribution in [0.2, 0.25) is 0 Å². The van der Waals surface area contributed by atoms with Gasteiger partial charge in [-0.3, -0.25) is 9.89 Å². The van der Waals surface area contributed by atoms with E-state index in [1.807, 2.05) is 12.1 Å². The molecule has 1 aliphatic heterocycles. The molecule has 2 aromatic heterocycles. The summed E-state index contributed by atoms with van der Waals surface area (Å²) in [6, 6.07) is 8.58. The van der Waals surface area contributed by atoms with Crippen molar-refractivity contribution in [2.24, 2.45) is 4.99 Å². The fourth-order valence-corrected chi connectivity index (χ4v) is 4.12. The van der Waals surface area contributed by atoms with Crippen LogP contribution < -0.4 is 15.4 Å². The van der Waals surface area contributed by atoms with Crippen molar-refractivity contribution in [3.8, 4) is 5.88 Å². The van der Waals surface area contributed by atoms with Gasteiger partial charge < -0.3 is 20.1 Å². The van der Waals surface area contributed by atoms with Gasteiger partial charge in [0.25, 0.3) is 0 Å². The average molecular weight is 545 g/mol. The molecular formula is C21H32IN5O2S. The second-order valence-electron chi connectivity index (χ2n) is 6.80. The monoisotopic (exact) mass is 545 g/mol. The molecule has 1 fully saturated rings. The molecule has 1 saturated heterocycles. The zero-order valence-corrected chi connectivity index (χ0v) is 20.8. The van der Waals surface area contributed by atoms with E-state index in [0.29, 0.717) is 25.1 Å². The van der Waals surface area contributed by atoms with Gasteiger partial charge in [-0.25, -0.2) is 4.98 Å². The largest absolute Gasteiger partial charge is 0.477 e. The topological polar surface area (TPSA) is 71.0 Å². The smallest absolute Gasteiger partial charge is 0.218 e. The highest BCUT2D eigenvalue weighted by molar-refractivity contribution is 14.0. The summed E-state index contributed by atoms with van der Waals surface area (Å²) in [5, 5.41) is 9.01.